The van der Waals surface area contributed by atoms with Crippen molar-refractivity contribution in [3.8, 4) is 17.8 Å². The summed E-state index contributed by atoms with van der Waals surface area (Å²) in [4.78, 5) is 14.0. The zero-order valence-electron chi connectivity index (χ0n) is 13.4. The largest absolute Gasteiger partial charge is 0.273 e. The molecule has 0 fully saturated rings. The second-order valence-electron chi connectivity index (χ2n) is 5.15. The van der Waals surface area contributed by atoms with Crippen LogP contribution in [0.25, 0.3) is 17.3 Å². The van der Waals surface area contributed by atoms with E-state index in [1.807, 2.05) is 60.8 Å². The third-order valence-corrected chi connectivity index (χ3v) is 5.60. The van der Waals surface area contributed by atoms with Gasteiger partial charge in [-0.3, -0.25) is 9.36 Å². The molecule has 0 unspecified atom stereocenters. The van der Waals surface area contributed by atoms with Crippen molar-refractivity contribution < 1.29 is 0 Å². The van der Waals surface area contributed by atoms with E-state index in [1.165, 1.54) is 27.2 Å². The zero-order chi connectivity index (χ0) is 17.8. The highest BCUT2D eigenvalue weighted by Crippen LogP contribution is 2.13. The van der Waals surface area contributed by atoms with Crippen LogP contribution in [0, 0.1) is 22.7 Å². The second-order valence-corrected chi connectivity index (χ2v) is 7.16. The average molecular weight is 363 g/mol. The molecule has 2 aromatic heterocycles. The molecule has 6 heteroatoms. The minimum absolute atomic E-state index is 0.0566. The molecule has 0 spiro atoms. The molecule has 4 nitrogen and oxygen atoms in total. The molecule has 3 rings (SSSR count). The van der Waals surface area contributed by atoms with E-state index in [9.17, 15) is 15.3 Å². The average Bonchev–Trinajstić information content (AvgIpc) is 3.25. The number of aryl methyl sites for hydroxylation is 1. The lowest BCUT2D eigenvalue weighted by Gasteiger charge is -2.08. The molecule has 0 saturated heterocycles. The lowest BCUT2D eigenvalue weighted by Crippen LogP contribution is -2.31. The van der Waals surface area contributed by atoms with Crippen LogP contribution in [-0.4, -0.2) is 4.57 Å². The predicted octanol–water partition coefficient (Wildman–Crippen LogP) is 2.55. The number of hydrogen-bond donors (Lipinski definition) is 0. The third-order valence-electron chi connectivity index (χ3n) is 3.69. The smallest absolute Gasteiger partial charge is 0.267 e. The highest BCUT2D eigenvalue weighted by atomic mass is 32.1. The molecule has 0 aliphatic carbocycles. The molecule has 0 atom stereocenters. The summed E-state index contributed by atoms with van der Waals surface area (Å²) in [6, 6.07) is 15.2. The monoisotopic (exact) mass is 363 g/mol. The quantitative estimate of drug-likeness (QED) is 0.718. The lowest BCUT2D eigenvalue weighted by atomic mass is 10.1. The van der Waals surface area contributed by atoms with Gasteiger partial charge in [-0.2, -0.15) is 10.5 Å². The Balaban J connectivity index is 2.46. The van der Waals surface area contributed by atoms with Gasteiger partial charge in [-0.05, 0) is 35.6 Å². The fourth-order valence-corrected chi connectivity index (χ4v) is 4.29. The maximum absolute atomic E-state index is 13.0. The fraction of sp³-hybridized carbons (Fsp3) is 0.105. The number of thiophene rings is 1. The van der Waals surface area contributed by atoms with Crippen LogP contribution < -0.4 is 14.8 Å². The van der Waals surface area contributed by atoms with E-state index in [0.29, 0.717) is 9.20 Å². The molecular formula is C19H13N3OS2. The van der Waals surface area contributed by atoms with E-state index in [-0.39, 0.29) is 11.1 Å². The number of nitrogens with zero attached hydrogens (tertiary/aromatic N) is 3. The highest BCUT2D eigenvalue weighted by Gasteiger charge is 2.13. The summed E-state index contributed by atoms with van der Waals surface area (Å²) < 4.78 is 2.37. The Morgan fingerprint density at radius 1 is 1.20 bits per heavy atom. The zero-order valence-corrected chi connectivity index (χ0v) is 15.0. The van der Waals surface area contributed by atoms with Gasteiger partial charge in [0, 0.05) is 4.88 Å². The molecule has 0 N–H and O–H groups in total. The van der Waals surface area contributed by atoms with Crippen LogP contribution in [0.1, 0.15) is 17.4 Å². The Morgan fingerprint density at radius 3 is 2.60 bits per heavy atom. The summed E-state index contributed by atoms with van der Waals surface area (Å²) in [5.74, 6) is 0. The number of thiazole rings is 1. The maximum Gasteiger partial charge on any atom is 0.273 e. The number of nitriles is 2. The van der Waals surface area contributed by atoms with E-state index < -0.39 is 0 Å². The first kappa shape index (κ1) is 16.9. The van der Waals surface area contributed by atoms with E-state index in [0.717, 1.165) is 22.5 Å². The summed E-state index contributed by atoms with van der Waals surface area (Å²) in [6.07, 6.45) is 2.55. The van der Waals surface area contributed by atoms with Crippen molar-refractivity contribution in [3.63, 3.8) is 0 Å². The predicted molar refractivity (Wildman–Crippen MR) is 101 cm³/mol. The van der Waals surface area contributed by atoms with Crippen molar-refractivity contribution in [2.75, 3.05) is 0 Å². The van der Waals surface area contributed by atoms with Gasteiger partial charge in [0.15, 0.2) is 5.57 Å². The first-order valence-corrected chi connectivity index (χ1v) is 9.29. The number of aromatic nitrogens is 1. The normalized spacial score (nSPS) is 11.1. The molecular weight excluding hydrogens is 350 g/mol. The minimum atomic E-state index is -0.211. The van der Waals surface area contributed by atoms with Crippen LogP contribution in [0.5, 0.6) is 0 Å². The van der Waals surface area contributed by atoms with Gasteiger partial charge in [0.25, 0.3) is 5.56 Å². The van der Waals surface area contributed by atoms with Gasteiger partial charge in [0.05, 0.1) is 10.2 Å². The minimum Gasteiger partial charge on any atom is -0.267 e. The van der Waals surface area contributed by atoms with E-state index in [2.05, 4.69) is 0 Å². The molecule has 0 aliphatic rings. The summed E-state index contributed by atoms with van der Waals surface area (Å²) in [7, 11) is 0. The standard InChI is InChI=1S/C19H13N3OS2/c1-2-13-6-3-4-8-16(13)22-18(23)17(10-15-7-5-9-24-15)25-19(22)14(11-20)12-21/h3-10H,2H2,1H3/b17-10+. The Bertz CT molecular complexity index is 1150. The molecule has 122 valence electrons. The van der Waals surface area contributed by atoms with Crippen LogP contribution in [0.15, 0.2) is 46.6 Å². The van der Waals surface area contributed by atoms with Crippen molar-refractivity contribution in [3.05, 3.63) is 71.8 Å². The molecule has 3 aromatic rings. The van der Waals surface area contributed by atoms with Crippen molar-refractivity contribution >= 4 is 34.3 Å². The lowest BCUT2D eigenvalue weighted by molar-refractivity contribution is 0.953. The fourth-order valence-electron chi connectivity index (χ4n) is 2.52. The van der Waals surface area contributed by atoms with Gasteiger partial charge in [-0.1, -0.05) is 31.2 Å². The SMILES string of the molecule is CCc1ccccc1-n1c(=C(C#N)C#N)s/c(=C/c2cccs2)c1=O. The maximum atomic E-state index is 13.0. The summed E-state index contributed by atoms with van der Waals surface area (Å²) >= 11 is 2.71. The molecule has 0 saturated carbocycles. The Hall–Kier alpha value is -2.93. The second kappa shape index (κ2) is 7.31. The van der Waals surface area contributed by atoms with Crippen LogP contribution >= 0.6 is 22.7 Å². The van der Waals surface area contributed by atoms with E-state index in [1.54, 1.807) is 6.08 Å². The number of rotatable bonds is 3. The number of hydrogen-bond acceptors (Lipinski definition) is 5. The van der Waals surface area contributed by atoms with Crippen LogP contribution in [-0.2, 0) is 6.42 Å². The van der Waals surface area contributed by atoms with Crippen LogP contribution in [0.4, 0.5) is 0 Å². The Morgan fingerprint density at radius 2 is 1.96 bits per heavy atom. The number of benzene rings is 1. The Labute approximate surface area is 152 Å². The van der Waals surface area contributed by atoms with Gasteiger partial charge in [0.1, 0.15) is 16.8 Å². The van der Waals surface area contributed by atoms with Crippen molar-refractivity contribution in [2.24, 2.45) is 0 Å². The molecule has 1 aromatic carbocycles. The van der Waals surface area contributed by atoms with Gasteiger partial charge in [0.2, 0.25) is 0 Å². The topological polar surface area (TPSA) is 69.6 Å². The molecule has 0 bridgehead atoms. The van der Waals surface area contributed by atoms with Gasteiger partial charge in [-0.15, -0.1) is 22.7 Å². The first-order chi connectivity index (χ1) is 12.2. The van der Waals surface area contributed by atoms with Crippen molar-refractivity contribution in [1.29, 1.82) is 10.5 Å². The molecule has 2 heterocycles. The summed E-state index contributed by atoms with van der Waals surface area (Å²) in [5.41, 5.74) is 1.44. The van der Waals surface area contributed by atoms with E-state index >= 15 is 0 Å². The first-order valence-electron chi connectivity index (χ1n) is 7.59. The third kappa shape index (κ3) is 3.18. The Kier molecular flexibility index (Phi) is 4.95. The van der Waals surface area contributed by atoms with Crippen LogP contribution in [0.2, 0.25) is 0 Å². The molecule has 0 aliphatic heterocycles. The van der Waals surface area contributed by atoms with Gasteiger partial charge >= 0.3 is 0 Å². The highest BCUT2D eigenvalue weighted by molar-refractivity contribution is 7.11. The molecule has 0 radical (unpaired) electrons. The van der Waals surface area contributed by atoms with Crippen molar-refractivity contribution in [2.45, 2.75) is 13.3 Å². The van der Waals surface area contributed by atoms with Crippen molar-refractivity contribution in [1.82, 2.24) is 4.57 Å². The molecule has 0 amide bonds. The van der Waals surface area contributed by atoms with Gasteiger partial charge < -0.3 is 0 Å². The van der Waals surface area contributed by atoms with Gasteiger partial charge in [-0.25, -0.2) is 0 Å². The number of para-hydroxylation sites is 1. The van der Waals surface area contributed by atoms with Crippen LogP contribution in [0.3, 0.4) is 0 Å². The molecule has 25 heavy (non-hydrogen) atoms. The summed E-state index contributed by atoms with van der Waals surface area (Å²) in [6.45, 7) is 2.01. The summed E-state index contributed by atoms with van der Waals surface area (Å²) in [5, 5.41) is 20.6. The van der Waals surface area contributed by atoms with E-state index in [4.69, 9.17) is 0 Å².